The predicted octanol–water partition coefficient (Wildman–Crippen LogP) is 4.36. The molecule has 2 unspecified atom stereocenters. The lowest BCUT2D eigenvalue weighted by Gasteiger charge is -2.40. The van der Waals surface area contributed by atoms with Crippen molar-refractivity contribution in [2.24, 2.45) is 11.7 Å². The molecular formula is C13H17Cl2N. The van der Waals surface area contributed by atoms with Crippen molar-refractivity contribution < 1.29 is 0 Å². The average Bonchev–Trinajstić information content (AvgIpc) is 2.22. The first kappa shape index (κ1) is 12.2. The van der Waals surface area contributed by atoms with Gasteiger partial charge < -0.3 is 5.73 Å². The number of nitrogens with two attached hydrogens (primary N) is 1. The van der Waals surface area contributed by atoms with Gasteiger partial charge in [-0.3, -0.25) is 0 Å². The molecule has 88 valence electrons. The second-order valence-corrected chi connectivity index (χ2v) is 5.66. The quantitative estimate of drug-likeness (QED) is 0.795. The van der Waals surface area contributed by atoms with Crippen molar-refractivity contribution in [2.45, 2.75) is 38.1 Å². The summed E-state index contributed by atoms with van der Waals surface area (Å²) >= 11 is 12.2. The topological polar surface area (TPSA) is 26.0 Å². The van der Waals surface area contributed by atoms with Gasteiger partial charge in [0.2, 0.25) is 0 Å². The van der Waals surface area contributed by atoms with Crippen LogP contribution in [-0.2, 0) is 5.54 Å². The van der Waals surface area contributed by atoms with Crippen molar-refractivity contribution in [1.82, 2.24) is 0 Å². The van der Waals surface area contributed by atoms with Gasteiger partial charge in [-0.2, -0.15) is 0 Å². The molecule has 0 saturated heterocycles. The minimum Gasteiger partial charge on any atom is -0.321 e. The van der Waals surface area contributed by atoms with Crippen LogP contribution in [0.15, 0.2) is 18.2 Å². The highest BCUT2D eigenvalue weighted by atomic mass is 35.5. The van der Waals surface area contributed by atoms with Gasteiger partial charge >= 0.3 is 0 Å². The minimum absolute atomic E-state index is 0.278. The molecule has 2 atom stereocenters. The smallest absolute Gasteiger partial charge is 0.0471 e. The van der Waals surface area contributed by atoms with Crippen LogP contribution in [0.4, 0.5) is 0 Å². The molecule has 2 rings (SSSR count). The van der Waals surface area contributed by atoms with Crippen molar-refractivity contribution in [3.8, 4) is 0 Å². The Bertz CT molecular complexity index is 392. The molecule has 1 saturated carbocycles. The van der Waals surface area contributed by atoms with Crippen LogP contribution in [0.1, 0.15) is 38.2 Å². The third kappa shape index (κ3) is 2.09. The maximum Gasteiger partial charge on any atom is 0.0471 e. The Kier molecular flexibility index (Phi) is 3.48. The summed E-state index contributed by atoms with van der Waals surface area (Å²) < 4.78 is 0. The van der Waals surface area contributed by atoms with Crippen molar-refractivity contribution in [2.75, 3.05) is 0 Å². The summed E-state index contributed by atoms with van der Waals surface area (Å²) in [5, 5.41) is 1.37. The highest BCUT2D eigenvalue weighted by Crippen LogP contribution is 2.42. The van der Waals surface area contributed by atoms with Crippen LogP contribution in [0.2, 0.25) is 10.0 Å². The van der Waals surface area contributed by atoms with Gasteiger partial charge in [0.1, 0.15) is 0 Å². The first-order valence-electron chi connectivity index (χ1n) is 5.78. The summed E-state index contributed by atoms with van der Waals surface area (Å²) in [4.78, 5) is 0. The Hall–Kier alpha value is -0.240. The lowest BCUT2D eigenvalue weighted by molar-refractivity contribution is 0.207. The van der Waals surface area contributed by atoms with E-state index in [-0.39, 0.29) is 5.54 Å². The fraction of sp³-hybridized carbons (Fsp3) is 0.538. The van der Waals surface area contributed by atoms with E-state index >= 15 is 0 Å². The van der Waals surface area contributed by atoms with Crippen LogP contribution in [0.25, 0.3) is 0 Å². The van der Waals surface area contributed by atoms with E-state index in [1.54, 1.807) is 6.07 Å². The Morgan fingerprint density at radius 1 is 1.31 bits per heavy atom. The van der Waals surface area contributed by atoms with E-state index < -0.39 is 0 Å². The van der Waals surface area contributed by atoms with E-state index in [0.29, 0.717) is 16.0 Å². The maximum atomic E-state index is 6.55. The van der Waals surface area contributed by atoms with E-state index in [1.807, 2.05) is 12.1 Å². The Labute approximate surface area is 107 Å². The zero-order valence-corrected chi connectivity index (χ0v) is 11.0. The minimum atomic E-state index is -0.278. The number of hydrogen-bond donors (Lipinski definition) is 1. The van der Waals surface area contributed by atoms with Crippen molar-refractivity contribution in [1.29, 1.82) is 0 Å². The number of rotatable bonds is 1. The van der Waals surface area contributed by atoms with Gasteiger partial charge in [0, 0.05) is 15.6 Å². The van der Waals surface area contributed by atoms with Gasteiger partial charge in [0.15, 0.2) is 0 Å². The summed E-state index contributed by atoms with van der Waals surface area (Å²) in [6.07, 6.45) is 4.64. The molecule has 0 bridgehead atoms. The highest BCUT2D eigenvalue weighted by molar-refractivity contribution is 6.35. The van der Waals surface area contributed by atoms with Crippen LogP contribution in [0.5, 0.6) is 0 Å². The van der Waals surface area contributed by atoms with Crippen molar-refractivity contribution >= 4 is 23.2 Å². The summed E-state index contributed by atoms with van der Waals surface area (Å²) in [6, 6.07) is 5.64. The number of benzene rings is 1. The molecule has 1 aromatic carbocycles. The van der Waals surface area contributed by atoms with E-state index in [0.717, 1.165) is 12.0 Å². The third-order valence-electron chi connectivity index (χ3n) is 3.79. The molecule has 0 heterocycles. The summed E-state index contributed by atoms with van der Waals surface area (Å²) in [5.41, 5.74) is 7.32. The van der Waals surface area contributed by atoms with Gasteiger partial charge in [-0.05, 0) is 36.5 Å². The van der Waals surface area contributed by atoms with E-state index in [4.69, 9.17) is 28.9 Å². The zero-order chi connectivity index (χ0) is 11.8. The monoisotopic (exact) mass is 257 g/mol. The largest absolute Gasteiger partial charge is 0.321 e. The molecule has 1 aliphatic carbocycles. The second kappa shape index (κ2) is 4.56. The molecule has 1 aliphatic rings. The summed E-state index contributed by atoms with van der Waals surface area (Å²) in [6.45, 7) is 2.21. The Balaban J connectivity index is 2.41. The van der Waals surface area contributed by atoms with E-state index in [1.165, 1.54) is 19.3 Å². The highest BCUT2D eigenvalue weighted by Gasteiger charge is 2.37. The molecule has 1 aromatic rings. The van der Waals surface area contributed by atoms with Gasteiger partial charge in [-0.25, -0.2) is 0 Å². The van der Waals surface area contributed by atoms with Crippen LogP contribution >= 0.6 is 23.2 Å². The molecule has 0 radical (unpaired) electrons. The fourth-order valence-electron chi connectivity index (χ4n) is 2.64. The van der Waals surface area contributed by atoms with Crippen LogP contribution in [-0.4, -0.2) is 0 Å². The fourth-order valence-corrected chi connectivity index (χ4v) is 3.22. The number of halogens is 2. The normalized spacial score (nSPS) is 30.4. The van der Waals surface area contributed by atoms with Gasteiger partial charge in [0.25, 0.3) is 0 Å². The Morgan fingerprint density at radius 2 is 2.06 bits per heavy atom. The van der Waals surface area contributed by atoms with E-state index in [9.17, 15) is 0 Å². The lowest BCUT2D eigenvalue weighted by Crippen LogP contribution is -2.45. The molecule has 0 spiro atoms. The molecule has 1 fully saturated rings. The van der Waals surface area contributed by atoms with Crippen molar-refractivity contribution in [3.05, 3.63) is 33.8 Å². The van der Waals surface area contributed by atoms with Crippen molar-refractivity contribution in [3.63, 3.8) is 0 Å². The first-order valence-corrected chi connectivity index (χ1v) is 6.54. The van der Waals surface area contributed by atoms with Gasteiger partial charge in [-0.15, -0.1) is 0 Å². The zero-order valence-electron chi connectivity index (χ0n) is 9.47. The standard InChI is InChI=1S/C13H17Cl2N/c1-9-4-2-3-7-13(9,16)11-6-5-10(14)8-12(11)15/h5-6,8-9H,2-4,7,16H2,1H3. The summed E-state index contributed by atoms with van der Waals surface area (Å²) in [5.74, 6) is 0.472. The predicted molar refractivity (Wildman–Crippen MR) is 70.0 cm³/mol. The molecule has 3 heteroatoms. The first-order chi connectivity index (χ1) is 7.54. The van der Waals surface area contributed by atoms with Crippen LogP contribution in [0, 0.1) is 5.92 Å². The SMILES string of the molecule is CC1CCCCC1(N)c1ccc(Cl)cc1Cl. The molecule has 0 amide bonds. The molecule has 2 N–H and O–H groups in total. The lowest BCUT2D eigenvalue weighted by atomic mass is 9.70. The molecule has 0 aliphatic heterocycles. The Morgan fingerprint density at radius 3 is 2.69 bits per heavy atom. The molecule has 0 aromatic heterocycles. The van der Waals surface area contributed by atoms with Crippen LogP contribution < -0.4 is 5.73 Å². The van der Waals surface area contributed by atoms with Crippen LogP contribution in [0.3, 0.4) is 0 Å². The molecular weight excluding hydrogens is 241 g/mol. The second-order valence-electron chi connectivity index (χ2n) is 4.81. The van der Waals surface area contributed by atoms with E-state index in [2.05, 4.69) is 6.92 Å². The average molecular weight is 258 g/mol. The number of hydrogen-bond acceptors (Lipinski definition) is 1. The van der Waals surface area contributed by atoms with Gasteiger partial charge in [0.05, 0.1) is 0 Å². The third-order valence-corrected chi connectivity index (χ3v) is 4.34. The van der Waals surface area contributed by atoms with Gasteiger partial charge in [-0.1, -0.05) is 49.0 Å². The molecule has 1 nitrogen and oxygen atoms in total. The maximum absolute atomic E-state index is 6.55. The molecule has 16 heavy (non-hydrogen) atoms. The summed E-state index contributed by atoms with van der Waals surface area (Å²) in [7, 11) is 0.